The van der Waals surface area contributed by atoms with E-state index in [0.717, 1.165) is 10.0 Å². The molecule has 3 aromatic rings. The number of amides is 2. The summed E-state index contributed by atoms with van der Waals surface area (Å²) >= 11 is 3.33. The second-order valence-electron chi connectivity index (χ2n) is 6.07. The van der Waals surface area contributed by atoms with Crippen LogP contribution in [0, 0.1) is 6.92 Å². The van der Waals surface area contributed by atoms with Gasteiger partial charge in [0.1, 0.15) is 5.76 Å². The molecule has 0 atom stereocenters. The quantitative estimate of drug-likeness (QED) is 0.444. The minimum Gasteiger partial charge on any atom is -0.469 e. The van der Waals surface area contributed by atoms with Crippen LogP contribution in [0.2, 0.25) is 0 Å². The van der Waals surface area contributed by atoms with Crippen molar-refractivity contribution in [3.63, 3.8) is 0 Å². The summed E-state index contributed by atoms with van der Waals surface area (Å²) < 4.78 is 6.06. The molecule has 0 aliphatic carbocycles. The number of nitrogens with one attached hydrogen (secondary N) is 2. The van der Waals surface area contributed by atoms with Crippen LogP contribution in [0.4, 0.5) is 5.69 Å². The largest absolute Gasteiger partial charge is 0.469 e. The second kappa shape index (κ2) is 8.67. The molecule has 2 amide bonds. The molecule has 0 saturated heterocycles. The number of hydrogen-bond donors (Lipinski definition) is 2. The second-order valence-corrected chi connectivity index (χ2v) is 6.99. The van der Waals surface area contributed by atoms with E-state index in [1.807, 2.05) is 12.1 Å². The Morgan fingerprint density at radius 2 is 1.75 bits per heavy atom. The minimum atomic E-state index is -0.299. The van der Waals surface area contributed by atoms with E-state index in [1.54, 1.807) is 56.3 Å². The molecule has 28 heavy (non-hydrogen) atoms. The van der Waals surface area contributed by atoms with Crippen LogP contribution in [0.25, 0.3) is 0 Å². The van der Waals surface area contributed by atoms with Crippen molar-refractivity contribution in [3.05, 3.63) is 87.8 Å². The Morgan fingerprint density at radius 1 is 1.00 bits per heavy atom. The number of rotatable bonds is 5. The minimum absolute atomic E-state index is 0.249. The van der Waals surface area contributed by atoms with Crippen molar-refractivity contribution in [2.45, 2.75) is 13.8 Å². The molecule has 0 spiro atoms. The summed E-state index contributed by atoms with van der Waals surface area (Å²) in [7, 11) is 0. The van der Waals surface area contributed by atoms with Crippen molar-refractivity contribution >= 4 is 39.1 Å². The Labute approximate surface area is 170 Å². The van der Waals surface area contributed by atoms with Gasteiger partial charge in [-0.1, -0.05) is 28.1 Å². The van der Waals surface area contributed by atoms with Crippen LogP contribution in [0.1, 0.15) is 39.0 Å². The SMILES string of the molecule is C/C(=N\NC(=O)c1ccc(Br)cc1)c1cccc(NC(=O)c2ccoc2C)c1. The third-order valence-corrected chi connectivity index (χ3v) is 4.60. The number of carbonyl (C=O) groups is 2. The summed E-state index contributed by atoms with van der Waals surface area (Å²) in [6, 6.07) is 15.8. The Hall–Kier alpha value is -3.19. The first kappa shape index (κ1) is 19.6. The van der Waals surface area contributed by atoms with Crippen LogP contribution >= 0.6 is 15.9 Å². The maximum Gasteiger partial charge on any atom is 0.271 e. The number of furan rings is 1. The van der Waals surface area contributed by atoms with E-state index in [4.69, 9.17) is 4.42 Å². The first-order chi connectivity index (χ1) is 13.4. The average Bonchev–Trinajstić information content (AvgIpc) is 3.12. The fraction of sp³-hybridized carbons (Fsp3) is 0.0952. The average molecular weight is 440 g/mol. The molecular weight excluding hydrogens is 422 g/mol. The first-order valence-corrected chi connectivity index (χ1v) is 9.29. The van der Waals surface area contributed by atoms with Gasteiger partial charge in [-0.05, 0) is 61.9 Å². The molecule has 1 heterocycles. The van der Waals surface area contributed by atoms with Gasteiger partial charge in [-0.25, -0.2) is 5.43 Å². The Balaban J connectivity index is 1.69. The van der Waals surface area contributed by atoms with E-state index in [9.17, 15) is 9.59 Å². The lowest BCUT2D eigenvalue weighted by molar-refractivity contribution is 0.0954. The van der Waals surface area contributed by atoms with Gasteiger partial charge in [0.2, 0.25) is 0 Å². The van der Waals surface area contributed by atoms with Crippen molar-refractivity contribution in [3.8, 4) is 0 Å². The number of anilines is 1. The van der Waals surface area contributed by atoms with Crippen molar-refractivity contribution in [2.24, 2.45) is 5.10 Å². The topological polar surface area (TPSA) is 83.7 Å². The molecule has 2 aromatic carbocycles. The van der Waals surface area contributed by atoms with Gasteiger partial charge in [0.05, 0.1) is 17.5 Å². The molecule has 0 bridgehead atoms. The highest BCUT2D eigenvalue weighted by molar-refractivity contribution is 9.10. The molecule has 3 rings (SSSR count). The van der Waals surface area contributed by atoms with E-state index in [2.05, 4.69) is 31.8 Å². The number of aryl methyl sites for hydroxylation is 1. The van der Waals surface area contributed by atoms with Gasteiger partial charge < -0.3 is 9.73 Å². The van der Waals surface area contributed by atoms with Crippen molar-refractivity contribution < 1.29 is 14.0 Å². The van der Waals surface area contributed by atoms with E-state index < -0.39 is 0 Å². The highest BCUT2D eigenvalue weighted by Gasteiger charge is 2.12. The van der Waals surface area contributed by atoms with E-state index in [1.165, 1.54) is 6.26 Å². The molecule has 2 N–H and O–H groups in total. The number of hydrogen-bond acceptors (Lipinski definition) is 4. The van der Waals surface area contributed by atoms with Crippen LogP contribution in [0.15, 0.2) is 74.9 Å². The third kappa shape index (κ3) is 4.75. The van der Waals surface area contributed by atoms with Gasteiger partial charge in [-0.3, -0.25) is 9.59 Å². The van der Waals surface area contributed by atoms with Gasteiger partial charge in [0, 0.05) is 15.7 Å². The fourth-order valence-electron chi connectivity index (χ4n) is 2.51. The van der Waals surface area contributed by atoms with Crippen LogP contribution in [0.5, 0.6) is 0 Å². The molecular formula is C21H18BrN3O3. The van der Waals surface area contributed by atoms with E-state index >= 15 is 0 Å². The molecule has 0 aliphatic heterocycles. The predicted molar refractivity (Wildman–Crippen MR) is 112 cm³/mol. The number of carbonyl (C=O) groups excluding carboxylic acids is 2. The molecule has 0 fully saturated rings. The molecule has 0 unspecified atom stereocenters. The summed E-state index contributed by atoms with van der Waals surface area (Å²) in [5.74, 6) is 0.00956. The number of hydrazone groups is 1. The van der Waals surface area contributed by atoms with Crippen molar-refractivity contribution in [2.75, 3.05) is 5.32 Å². The number of benzene rings is 2. The smallest absolute Gasteiger partial charge is 0.271 e. The van der Waals surface area contributed by atoms with Gasteiger partial charge in [-0.15, -0.1) is 0 Å². The van der Waals surface area contributed by atoms with Crippen molar-refractivity contribution in [1.29, 1.82) is 0 Å². The van der Waals surface area contributed by atoms with Crippen molar-refractivity contribution in [1.82, 2.24) is 5.43 Å². The van der Waals surface area contributed by atoms with E-state index in [-0.39, 0.29) is 11.8 Å². The summed E-state index contributed by atoms with van der Waals surface area (Å²) in [5.41, 5.74) is 5.54. The van der Waals surface area contributed by atoms with Gasteiger partial charge in [0.15, 0.2) is 0 Å². The number of halogens is 1. The zero-order valence-electron chi connectivity index (χ0n) is 15.3. The maximum absolute atomic E-state index is 12.3. The lowest BCUT2D eigenvalue weighted by atomic mass is 10.1. The summed E-state index contributed by atoms with van der Waals surface area (Å²) in [5, 5.41) is 6.99. The Bertz CT molecular complexity index is 1040. The lowest BCUT2D eigenvalue weighted by Crippen LogP contribution is -2.19. The van der Waals surface area contributed by atoms with Gasteiger partial charge in [-0.2, -0.15) is 5.10 Å². The first-order valence-electron chi connectivity index (χ1n) is 8.50. The number of nitrogens with zero attached hydrogens (tertiary/aromatic N) is 1. The molecule has 1 aromatic heterocycles. The van der Waals surface area contributed by atoms with Crippen LogP contribution in [-0.2, 0) is 0 Å². The third-order valence-electron chi connectivity index (χ3n) is 4.07. The van der Waals surface area contributed by atoms with Gasteiger partial charge >= 0.3 is 0 Å². The molecule has 0 aliphatic rings. The molecule has 6 nitrogen and oxygen atoms in total. The maximum atomic E-state index is 12.3. The molecule has 0 saturated carbocycles. The molecule has 142 valence electrons. The molecule has 7 heteroatoms. The Kier molecular flexibility index (Phi) is 6.06. The monoisotopic (exact) mass is 439 g/mol. The zero-order chi connectivity index (χ0) is 20.1. The summed E-state index contributed by atoms with van der Waals surface area (Å²) in [4.78, 5) is 24.5. The zero-order valence-corrected chi connectivity index (χ0v) is 16.9. The highest BCUT2D eigenvalue weighted by atomic mass is 79.9. The van der Waals surface area contributed by atoms with Gasteiger partial charge in [0.25, 0.3) is 11.8 Å². The standard InChI is InChI=1S/C21H18BrN3O3/c1-13(24-25-20(26)15-6-8-17(22)9-7-15)16-4-3-5-18(12-16)23-21(27)19-10-11-28-14(19)2/h3-12H,1-2H3,(H,23,27)(H,25,26)/b24-13+. The fourth-order valence-corrected chi connectivity index (χ4v) is 2.77. The highest BCUT2D eigenvalue weighted by Crippen LogP contribution is 2.15. The normalized spacial score (nSPS) is 11.2. The predicted octanol–water partition coefficient (Wildman–Crippen LogP) is 4.76. The van der Waals surface area contributed by atoms with E-state index in [0.29, 0.717) is 28.3 Å². The lowest BCUT2D eigenvalue weighted by Gasteiger charge is -2.07. The summed E-state index contributed by atoms with van der Waals surface area (Å²) in [6.45, 7) is 3.51. The van der Waals surface area contributed by atoms with Crippen LogP contribution in [0.3, 0.4) is 0 Å². The van der Waals surface area contributed by atoms with Crippen LogP contribution < -0.4 is 10.7 Å². The molecule has 0 radical (unpaired) electrons. The van der Waals surface area contributed by atoms with Crippen LogP contribution in [-0.4, -0.2) is 17.5 Å². The Morgan fingerprint density at radius 3 is 2.43 bits per heavy atom. The summed E-state index contributed by atoms with van der Waals surface area (Å²) in [6.07, 6.45) is 1.48.